The highest BCUT2D eigenvalue weighted by atomic mass is 28.4. The molecule has 0 fully saturated rings. The van der Waals surface area contributed by atoms with Crippen molar-refractivity contribution in [3.8, 4) is 0 Å². The first-order valence-electron chi connectivity index (χ1n) is 13.2. The molecular formula is C27H56O6Si. The molecule has 204 valence electrons. The number of hydrogen-bond acceptors (Lipinski definition) is 6. The summed E-state index contributed by atoms with van der Waals surface area (Å²) in [5.41, 5.74) is 0. The Hall–Kier alpha value is -0.473. The van der Waals surface area contributed by atoms with Crippen LogP contribution in [0.25, 0.3) is 0 Å². The van der Waals surface area contributed by atoms with Gasteiger partial charge in [0.15, 0.2) is 8.32 Å². The lowest BCUT2D eigenvalue weighted by molar-refractivity contribution is -0.156. The van der Waals surface area contributed by atoms with E-state index in [0.717, 1.165) is 25.7 Å². The summed E-state index contributed by atoms with van der Waals surface area (Å²) in [6, 6.07) is 0. The van der Waals surface area contributed by atoms with E-state index >= 15 is 0 Å². The molecule has 7 heteroatoms. The van der Waals surface area contributed by atoms with Gasteiger partial charge in [0.05, 0.1) is 12.2 Å². The number of esters is 1. The largest absolute Gasteiger partial charge is 0.462 e. The van der Waals surface area contributed by atoms with Gasteiger partial charge in [0.25, 0.3) is 0 Å². The topological polar surface area (TPSA) is 74.2 Å². The predicted molar refractivity (Wildman–Crippen MR) is 143 cm³/mol. The van der Waals surface area contributed by atoms with E-state index in [1.54, 1.807) is 14.2 Å². The average Bonchev–Trinajstić information content (AvgIpc) is 2.77. The van der Waals surface area contributed by atoms with Crippen molar-refractivity contribution in [2.24, 2.45) is 17.8 Å². The zero-order chi connectivity index (χ0) is 26.7. The number of rotatable bonds is 17. The lowest BCUT2D eigenvalue weighted by Crippen LogP contribution is -2.45. The molecule has 6 nitrogen and oxygen atoms in total. The first-order chi connectivity index (χ1) is 15.7. The molecule has 7 unspecified atom stereocenters. The third-order valence-corrected chi connectivity index (χ3v) is 12.4. The first kappa shape index (κ1) is 33.5. The van der Waals surface area contributed by atoms with Crippen LogP contribution in [0.4, 0.5) is 0 Å². The molecule has 0 rings (SSSR count). The Balaban J connectivity index is 5.34. The average molecular weight is 505 g/mol. The van der Waals surface area contributed by atoms with Gasteiger partial charge in [-0.3, -0.25) is 4.79 Å². The zero-order valence-corrected chi connectivity index (χ0v) is 25.3. The Bertz CT molecular complexity index is 562. The Labute approximate surface area is 211 Å². The molecule has 34 heavy (non-hydrogen) atoms. The molecule has 0 aliphatic carbocycles. The van der Waals surface area contributed by atoms with Crippen LogP contribution in [-0.4, -0.2) is 64.6 Å². The highest BCUT2D eigenvalue weighted by Gasteiger charge is 2.39. The minimum atomic E-state index is -1.86. The Morgan fingerprint density at radius 3 is 1.94 bits per heavy atom. The van der Waals surface area contributed by atoms with Crippen molar-refractivity contribution in [2.45, 2.75) is 130 Å². The highest BCUT2D eigenvalue weighted by Crippen LogP contribution is 2.38. The van der Waals surface area contributed by atoms with Gasteiger partial charge in [-0.15, -0.1) is 0 Å². The number of carbonyl (C=O) groups excluding carboxylic acids is 1. The van der Waals surface area contributed by atoms with E-state index in [9.17, 15) is 9.90 Å². The molecule has 0 saturated carbocycles. The smallest absolute Gasteiger partial charge is 0.305 e. The van der Waals surface area contributed by atoms with Crippen LogP contribution in [0, 0.1) is 17.8 Å². The van der Waals surface area contributed by atoms with E-state index in [4.69, 9.17) is 18.6 Å². The summed E-state index contributed by atoms with van der Waals surface area (Å²) in [4.78, 5) is 12.2. The van der Waals surface area contributed by atoms with E-state index in [-0.39, 0.29) is 59.8 Å². The summed E-state index contributed by atoms with van der Waals surface area (Å²) in [5.74, 6) is 0.0207. The van der Waals surface area contributed by atoms with E-state index < -0.39 is 8.32 Å². The van der Waals surface area contributed by atoms with Gasteiger partial charge in [-0.05, 0) is 49.7 Å². The fraction of sp³-hybridized carbons (Fsp3) is 0.963. The quantitative estimate of drug-likeness (QED) is 0.187. The van der Waals surface area contributed by atoms with Crippen molar-refractivity contribution in [2.75, 3.05) is 20.8 Å². The molecule has 0 radical (unpaired) electrons. The number of ether oxygens (including phenoxy) is 3. The summed E-state index contributed by atoms with van der Waals surface area (Å²) in [6.07, 6.45) is 3.55. The molecule has 0 aliphatic rings. The lowest BCUT2D eigenvalue weighted by Gasteiger charge is -2.40. The fourth-order valence-electron chi connectivity index (χ4n) is 4.29. The SMILES string of the molecule is CCC(=O)OC(CCC(C)C(CC(CC)O[Si](C)(C)C(C)(C)C)OC)C(C)C(OC)C(C)CO. The lowest BCUT2D eigenvalue weighted by atomic mass is 9.85. The second-order valence-corrected chi connectivity index (χ2v) is 16.3. The third kappa shape index (κ3) is 10.6. The van der Waals surface area contributed by atoms with Crippen molar-refractivity contribution in [1.82, 2.24) is 0 Å². The van der Waals surface area contributed by atoms with Crippen molar-refractivity contribution < 1.29 is 28.5 Å². The van der Waals surface area contributed by atoms with Gasteiger partial charge in [0.1, 0.15) is 6.10 Å². The summed E-state index contributed by atoms with van der Waals surface area (Å²) in [6.45, 7) is 21.7. The van der Waals surface area contributed by atoms with Crippen LogP contribution in [0.2, 0.25) is 18.1 Å². The molecule has 0 aromatic carbocycles. The number of carbonyl (C=O) groups is 1. The van der Waals surface area contributed by atoms with Gasteiger partial charge in [-0.1, -0.05) is 55.4 Å². The molecule has 0 aliphatic heterocycles. The molecule has 0 aromatic heterocycles. The minimum absolute atomic E-state index is 0.0267. The Morgan fingerprint density at radius 1 is 0.941 bits per heavy atom. The monoisotopic (exact) mass is 504 g/mol. The van der Waals surface area contributed by atoms with Crippen LogP contribution >= 0.6 is 0 Å². The number of hydrogen-bond donors (Lipinski definition) is 1. The fourth-order valence-corrected chi connectivity index (χ4v) is 5.74. The maximum absolute atomic E-state index is 12.2. The molecule has 0 aromatic rings. The number of methoxy groups -OCH3 is 2. The number of aliphatic hydroxyl groups is 1. The van der Waals surface area contributed by atoms with Crippen molar-refractivity contribution in [1.29, 1.82) is 0 Å². The normalized spacial score (nSPS) is 19.1. The number of aliphatic hydroxyl groups excluding tert-OH is 1. The van der Waals surface area contributed by atoms with E-state index in [1.807, 2.05) is 20.8 Å². The van der Waals surface area contributed by atoms with E-state index in [0.29, 0.717) is 6.42 Å². The summed E-state index contributed by atoms with van der Waals surface area (Å²) < 4.78 is 24.2. The Morgan fingerprint density at radius 2 is 1.53 bits per heavy atom. The van der Waals surface area contributed by atoms with Crippen LogP contribution in [0.15, 0.2) is 0 Å². The van der Waals surface area contributed by atoms with Crippen molar-refractivity contribution in [3.63, 3.8) is 0 Å². The van der Waals surface area contributed by atoms with E-state index in [1.165, 1.54) is 0 Å². The Kier molecular flexibility index (Phi) is 15.4. The third-order valence-electron chi connectivity index (χ3n) is 7.86. The van der Waals surface area contributed by atoms with Crippen molar-refractivity contribution >= 4 is 14.3 Å². The molecule has 0 saturated heterocycles. The van der Waals surface area contributed by atoms with Crippen LogP contribution in [0.1, 0.15) is 87.5 Å². The molecule has 0 bridgehead atoms. The summed E-state index contributed by atoms with van der Waals surface area (Å²) >= 11 is 0. The highest BCUT2D eigenvalue weighted by molar-refractivity contribution is 6.74. The predicted octanol–water partition coefficient (Wildman–Crippen LogP) is 6.21. The molecule has 1 N–H and O–H groups in total. The molecule has 0 spiro atoms. The zero-order valence-electron chi connectivity index (χ0n) is 24.3. The van der Waals surface area contributed by atoms with Crippen LogP contribution in [0.5, 0.6) is 0 Å². The van der Waals surface area contributed by atoms with E-state index in [2.05, 4.69) is 47.7 Å². The second-order valence-electron chi connectivity index (χ2n) is 11.6. The van der Waals surface area contributed by atoms with Gasteiger partial charge in [0, 0.05) is 45.2 Å². The van der Waals surface area contributed by atoms with Crippen molar-refractivity contribution in [3.05, 3.63) is 0 Å². The maximum Gasteiger partial charge on any atom is 0.305 e. The summed E-state index contributed by atoms with van der Waals surface area (Å²) in [7, 11) is 1.58. The van der Waals surface area contributed by atoms with Gasteiger partial charge in [0.2, 0.25) is 0 Å². The van der Waals surface area contributed by atoms with Crippen LogP contribution < -0.4 is 0 Å². The molecule has 7 atom stereocenters. The second kappa shape index (κ2) is 15.6. The molecular weight excluding hydrogens is 448 g/mol. The van der Waals surface area contributed by atoms with Crippen LogP contribution in [0.3, 0.4) is 0 Å². The standard InChI is InChI=1S/C27H56O6Si/c1-13-22(33-34(11,12)27(6,7)8)17-24(30-9)19(3)15-16-23(32-25(29)14-2)21(5)26(31-10)20(4)18-28/h19-24,26,28H,13-18H2,1-12H3. The molecule has 0 amide bonds. The van der Waals surface area contributed by atoms with Crippen LogP contribution in [-0.2, 0) is 23.4 Å². The molecule has 0 heterocycles. The maximum atomic E-state index is 12.2. The summed E-state index contributed by atoms with van der Waals surface area (Å²) in [5, 5.41) is 9.81. The van der Waals surface area contributed by atoms with Gasteiger partial charge in [-0.25, -0.2) is 0 Å². The van der Waals surface area contributed by atoms with Gasteiger partial charge < -0.3 is 23.7 Å². The first-order valence-corrected chi connectivity index (χ1v) is 16.1. The van der Waals surface area contributed by atoms with Gasteiger partial charge in [-0.2, -0.15) is 0 Å². The van der Waals surface area contributed by atoms with Gasteiger partial charge >= 0.3 is 5.97 Å². The minimum Gasteiger partial charge on any atom is -0.462 e.